The van der Waals surface area contributed by atoms with Gasteiger partial charge in [-0.3, -0.25) is 4.79 Å². The molecular formula is C42H57N3O2. The van der Waals surface area contributed by atoms with E-state index >= 15 is 0 Å². The van der Waals surface area contributed by atoms with E-state index in [-0.39, 0.29) is 11.9 Å². The summed E-state index contributed by atoms with van der Waals surface area (Å²) in [5, 5.41) is 9.00. The minimum Gasteiger partial charge on any atom is -0.334 e. The summed E-state index contributed by atoms with van der Waals surface area (Å²) >= 11 is 0. The van der Waals surface area contributed by atoms with Gasteiger partial charge in [-0.2, -0.15) is 0 Å². The molecule has 252 valence electrons. The predicted molar refractivity (Wildman–Crippen MR) is 203 cm³/mol. The van der Waals surface area contributed by atoms with Crippen LogP contribution in [0.15, 0.2) is 115 Å². The third-order valence-electron chi connectivity index (χ3n) is 7.44. The number of nitrogens with one attached hydrogen (secondary N) is 3. The summed E-state index contributed by atoms with van der Waals surface area (Å²) in [5.74, 6) is 0.592. The Morgan fingerprint density at radius 1 is 0.617 bits per heavy atom. The molecule has 3 amide bonds. The highest BCUT2D eigenvalue weighted by molar-refractivity contribution is 5.92. The maximum Gasteiger partial charge on any atom is 0.319 e. The van der Waals surface area contributed by atoms with Crippen molar-refractivity contribution in [2.75, 3.05) is 10.6 Å². The lowest BCUT2D eigenvalue weighted by Crippen LogP contribution is -2.29. The molecule has 0 radical (unpaired) electrons. The number of para-hydroxylation sites is 1. The van der Waals surface area contributed by atoms with Gasteiger partial charge in [0.1, 0.15) is 0 Å². The largest absolute Gasteiger partial charge is 0.334 e. The van der Waals surface area contributed by atoms with Crippen LogP contribution in [-0.4, -0.2) is 11.9 Å². The van der Waals surface area contributed by atoms with Crippen LogP contribution in [0, 0.1) is 0 Å². The Kier molecular flexibility index (Phi) is 19.7. The van der Waals surface area contributed by atoms with Crippen LogP contribution in [-0.2, 0) is 11.3 Å². The molecule has 2 aromatic rings. The fourth-order valence-electron chi connectivity index (χ4n) is 4.82. The van der Waals surface area contributed by atoms with Crippen LogP contribution in [0.5, 0.6) is 0 Å². The van der Waals surface area contributed by atoms with Gasteiger partial charge in [-0.05, 0) is 85.6 Å². The standard InChI is InChI=1S/C42H57N3O2/c1-6-7-8-9-10-11-12-13-14-15-16-17-18-19-20-21-22-23-24-28-40(46)44-37-31-29-36(30-32-37)33-43-42(47)45-41-38(34(2)3)26-25-27-39(41)35(4)5/h7-8,10-11,13-14,16-17,19-20,22-23,25-27,29-32,34-35H,6,9,12,15,18,21,24,28,33H2,1-5H3,(H,44,46)(H2,43,45,47)/b8-7+,11-10+,14-13+,17-16+,20-19+,23-22+. The van der Waals surface area contributed by atoms with Crippen molar-refractivity contribution in [2.45, 2.75) is 104 Å². The van der Waals surface area contributed by atoms with Crippen molar-refractivity contribution in [3.63, 3.8) is 0 Å². The topological polar surface area (TPSA) is 70.2 Å². The van der Waals surface area contributed by atoms with Gasteiger partial charge in [-0.1, -0.05) is 138 Å². The summed E-state index contributed by atoms with van der Waals surface area (Å²) in [5.41, 5.74) is 4.87. The molecule has 0 atom stereocenters. The average Bonchev–Trinajstić information content (AvgIpc) is 3.05. The van der Waals surface area contributed by atoms with E-state index in [1.807, 2.05) is 24.3 Å². The summed E-state index contributed by atoms with van der Waals surface area (Å²) < 4.78 is 0. The number of rotatable bonds is 20. The van der Waals surface area contributed by atoms with Gasteiger partial charge >= 0.3 is 6.03 Å². The second kappa shape index (κ2) is 23.9. The molecule has 0 aliphatic carbocycles. The van der Waals surface area contributed by atoms with Gasteiger partial charge < -0.3 is 16.0 Å². The molecule has 0 unspecified atom stereocenters. The van der Waals surface area contributed by atoms with Crippen molar-refractivity contribution in [3.8, 4) is 0 Å². The minimum absolute atomic E-state index is 0.0143. The summed E-state index contributed by atoms with van der Waals surface area (Å²) in [4.78, 5) is 25.1. The van der Waals surface area contributed by atoms with Crippen LogP contribution in [0.4, 0.5) is 16.2 Å². The Labute approximate surface area is 284 Å². The number of hydrogen-bond donors (Lipinski definition) is 3. The van der Waals surface area contributed by atoms with Gasteiger partial charge in [0.05, 0.1) is 0 Å². The first-order valence-corrected chi connectivity index (χ1v) is 17.3. The molecule has 47 heavy (non-hydrogen) atoms. The van der Waals surface area contributed by atoms with Crippen LogP contribution >= 0.6 is 0 Å². The minimum atomic E-state index is -0.230. The number of carbonyl (C=O) groups excluding carboxylic acids is 2. The molecule has 0 bridgehead atoms. The van der Waals surface area contributed by atoms with Gasteiger partial charge in [0.2, 0.25) is 5.91 Å². The van der Waals surface area contributed by atoms with Gasteiger partial charge in [-0.15, -0.1) is 0 Å². The number of benzene rings is 2. The highest BCUT2D eigenvalue weighted by atomic mass is 16.2. The van der Waals surface area contributed by atoms with Crippen LogP contribution in [0.25, 0.3) is 0 Å². The Bertz CT molecular complexity index is 1350. The Morgan fingerprint density at radius 2 is 1.09 bits per heavy atom. The zero-order valence-electron chi connectivity index (χ0n) is 29.3. The third-order valence-corrected chi connectivity index (χ3v) is 7.44. The molecule has 0 heterocycles. The molecule has 0 spiro atoms. The van der Waals surface area contributed by atoms with E-state index in [4.69, 9.17) is 0 Å². The van der Waals surface area contributed by atoms with E-state index in [0.717, 1.165) is 66.6 Å². The van der Waals surface area contributed by atoms with E-state index in [0.29, 0.717) is 31.2 Å². The summed E-state index contributed by atoms with van der Waals surface area (Å²) in [6, 6.07) is 13.5. The lowest BCUT2D eigenvalue weighted by atomic mass is 9.93. The van der Waals surface area contributed by atoms with Crippen LogP contribution < -0.4 is 16.0 Å². The molecule has 0 aliphatic rings. The van der Waals surface area contributed by atoms with Crippen LogP contribution in [0.2, 0.25) is 0 Å². The first-order valence-electron chi connectivity index (χ1n) is 17.3. The highest BCUT2D eigenvalue weighted by Gasteiger charge is 2.15. The van der Waals surface area contributed by atoms with Crippen molar-refractivity contribution in [1.29, 1.82) is 0 Å². The summed E-state index contributed by atoms with van der Waals surface area (Å²) in [7, 11) is 0. The number of carbonyl (C=O) groups is 2. The van der Waals surface area contributed by atoms with Gasteiger partial charge in [0.15, 0.2) is 0 Å². The molecule has 5 heteroatoms. The van der Waals surface area contributed by atoms with Crippen molar-refractivity contribution < 1.29 is 9.59 Å². The second-order valence-corrected chi connectivity index (χ2v) is 12.1. The molecule has 2 aromatic carbocycles. The van der Waals surface area contributed by atoms with E-state index in [2.05, 4.69) is 142 Å². The molecule has 0 aromatic heterocycles. The lowest BCUT2D eigenvalue weighted by Gasteiger charge is -2.20. The van der Waals surface area contributed by atoms with Crippen LogP contribution in [0.3, 0.4) is 0 Å². The summed E-state index contributed by atoms with van der Waals surface area (Å²) in [6.45, 7) is 11.1. The van der Waals surface area contributed by atoms with Gasteiger partial charge in [0.25, 0.3) is 0 Å². The number of allylic oxidation sites excluding steroid dienone is 12. The Morgan fingerprint density at radius 3 is 1.55 bits per heavy atom. The molecule has 2 rings (SSSR count). The lowest BCUT2D eigenvalue weighted by molar-refractivity contribution is -0.116. The molecule has 0 fully saturated rings. The number of hydrogen-bond acceptors (Lipinski definition) is 2. The maximum atomic E-state index is 12.8. The molecule has 0 aliphatic heterocycles. The van der Waals surface area contributed by atoms with E-state index in [1.165, 1.54) is 0 Å². The van der Waals surface area contributed by atoms with E-state index < -0.39 is 0 Å². The van der Waals surface area contributed by atoms with Crippen molar-refractivity contribution in [3.05, 3.63) is 132 Å². The van der Waals surface area contributed by atoms with E-state index in [9.17, 15) is 9.59 Å². The molecule has 0 saturated heterocycles. The summed E-state index contributed by atoms with van der Waals surface area (Å²) in [6.07, 6.45) is 33.1. The van der Waals surface area contributed by atoms with E-state index in [1.54, 1.807) is 0 Å². The first-order chi connectivity index (χ1) is 22.8. The number of urea groups is 1. The van der Waals surface area contributed by atoms with Crippen LogP contribution in [0.1, 0.15) is 115 Å². The fraction of sp³-hybridized carbons (Fsp3) is 0.381. The molecular weight excluding hydrogens is 578 g/mol. The molecule has 5 nitrogen and oxygen atoms in total. The average molecular weight is 636 g/mol. The quantitative estimate of drug-likeness (QED) is 0.127. The monoisotopic (exact) mass is 635 g/mol. The normalized spacial score (nSPS) is 12.3. The van der Waals surface area contributed by atoms with Gasteiger partial charge in [-0.25, -0.2) is 4.79 Å². The molecule has 3 N–H and O–H groups in total. The van der Waals surface area contributed by atoms with Crippen molar-refractivity contribution >= 4 is 23.3 Å². The Hall–Kier alpha value is -4.38. The Balaban J connectivity index is 1.61. The smallest absolute Gasteiger partial charge is 0.319 e. The fourth-order valence-corrected chi connectivity index (χ4v) is 4.82. The first kappa shape index (κ1) is 38.8. The predicted octanol–water partition coefficient (Wildman–Crippen LogP) is 11.7. The van der Waals surface area contributed by atoms with Crippen molar-refractivity contribution in [1.82, 2.24) is 5.32 Å². The third kappa shape index (κ3) is 17.2. The highest BCUT2D eigenvalue weighted by Crippen LogP contribution is 2.32. The zero-order valence-corrected chi connectivity index (χ0v) is 29.3. The van der Waals surface area contributed by atoms with Gasteiger partial charge in [0, 0.05) is 24.3 Å². The number of anilines is 2. The SMILES string of the molecule is CC/C=C/C/C=C/C/C=C/C/C=C/C/C=C/C/C=C/CCC(=O)Nc1ccc(CNC(=O)Nc2c(C(C)C)cccc2C(C)C)cc1. The number of amides is 3. The maximum absolute atomic E-state index is 12.8. The van der Waals surface area contributed by atoms with Crippen molar-refractivity contribution in [2.24, 2.45) is 0 Å². The zero-order chi connectivity index (χ0) is 34.1. The molecule has 0 saturated carbocycles. The second-order valence-electron chi connectivity index (χ2n) is 12.1.